The van der Waals surface area contributed by atoms with Gasteiger partial charge in [0.05, 0.1) is 16.9 Å². The molecular weight excluding hydrogens is 404 g/mol. The van der Waals surface area contributed by atoms with Crippen LogP contribution in [0.2, 0.25) is 0 Å². The first-order chi connectivity index (χ1) is 14.5. The lowest BCUT2D eigenvalue weighted by Crippen LogP contribution is -2.42. The SMILES string of the molecule is CSc1ncccc1C(=O)N1CCC(CNC(=O)Cc2ccc([N+](=O)[O-])cc2)CC1. The number of nitrogens with zero attached hydrogens (tertiary/aromatic N) is 3. The van der Waals surface area contributed by atoms with Gasteiger partial charge in [0.25, 0.3) is 11.6 Å². The molecule has 0 atom stereocenters. The summed E-state index contributed by atoms with van der Waals surface area (Å²) in [5, 5.41) is 14.4. The minimum Gasteiger partial charge on any atom is -0.356 e. The van der Waals surface area contributed by atoms with Crippen LogP contribution in [-0.2, 0) is 11.2 Å². The van der Waals surface area contributed by atoms with Gasteiger partial charge in [0.2, 0.25) is 5.91 Å². The van der Waals surface area contributed by atoms with Gasteiger partial charge in [0.15, 0.2) is 0 Å². The Kier molecular flexibility index (Phi) is 7.40. The van der Waals surface area contributed by atoms with Crippen molar-refractivity contribution < 1.29 is 14.5 Å². The molecule has 1 fully saturated rings. The maximum Gasteiger partial charge on any atom is 0.269 e. The minimum atomic E-state index is -0.461. The van der Waals surface area contributed by atoms with Crippen LogP contribution in [0.15, 0.2) is 47.6 Å². The van der Waals surface area contributed by atoms with E-state index in [1.54, 1.807) is 24.4 Å². The predicted octanol–water partition coefficient (Wildman–Crippen LogP) is 2.92. The Morgan fingerprint density at radius 1 is 1.23 bits per heavy atom. The lowest BCUT2D eigenvalue weighted by molar-refractivity contribution is -0.384. The lowest BCUT2D eigenvalue weighted by atomic mass is 9.96. The number of rotatable bonds is 7. The maximum atomic E-state index is 12.8. The summed E-state index contributed by atoms with van der Waals surface area (Å²) >= 11 is 1.46. The molecule has 30 heavy (non-hydrogen) atoms. The van der Waals surface area contributed by atoms with Crippen molar-refractivity contribution in [1.82, 2.24) is 15.2 Å². The molecule has 1 saturated heterocycles. The second kappa shape index (κ2) is 10.2. The van der Waals surface area contributed by atoms with E-state index in [9.17, 15) is 19.7 Å². The molecule has 0 unspecified atom stereocenters. The minimum absolute atomic E-state index is 0.00751. The number of carbonyl (C=O) groups is 2. The summed E-state index contributed by atoms with van der Waals surface area (Å²) in [6.45, 7) is 1.88. The third-order valence-electron chi connectivity index (χ3n) is 5.20. The molecule has 1 aromatic heterocycles. The molecule has 0 radical (unpaired) electrons. The van der Waals surface area contributed by atoms with E-state index in [0.29, 0.717) is 31.1 Å². The van der Waals surface area contributed by atoms with Gasteiger partial charge < -0.3 is 10.2 Å². The number of pyridine rings is 1. The second-order valence-corrected chi connectivity index (χ2v) is 8.00. The fraction of sp³-hybridized carbons (Fsp3) is 0.381. The van der Waals surface area contributed by atoms with Crippen molar-refractivity contribution >= 4 is 29.3 Å². The molecule has 2 heterocycles. The number of amides is 2. The first-order valence-electron chi connectivity index (χ1n) is 9.76. The van der Waals surface area contributed by atoms with E-state index < -0.39 is 4.92 Å². The van der Waals surface area contributed by atoms with Gasteiger partial charge in [0.1, 0.15) is 5.03 Å². The molecule has 1 aromatic carbocycles. The molecule has 0 aliphatic carbocycles. The average molecular weight is 429 g/mol. The molecule has 3 rings (SSSR count). The molecule has 0 spiro atoms. The zero-order chi connectivity index (χ0) is 21.5. The number of aromatic nitrogens is 1. The number of thioether (sulfide) groups is 1. The third kappa shape index (κ3) is 5.56. The molecule has 1 aliphatic heterocycles. The summed E-state index contributed by atoms with van der Waals surface area (Å²) < 4.78 is 0. The van der Waals surface area contributed by atoms with Crippen LogP contribution in [-0.4, -0.2) is 52.5 Å². The summed E-state index contributed by atoms with van der Waals surface area (Å²) in [5.74, 6) is 0.221. The van der Waals surface area contributed by atoms with Crippen LogP contribution in [0.5, 0.6) is 0 Å². The fourth-order valence-corrected chi connectivity index (χ4v) is 4.01. The maximum absolute atomic E-state index is 12.8. The number of carbonyl (C=O) groups excluding carboxylic acids is 2. The Hall–Kier alpha value is -2.94. The number of likely N-dealkylation sites (tertiary alicyclic amines) is 1. The van der Waals surface area contributed by atoms with Crippen LogP contribution in [0.1, 0.15) is 28.8 Å². The number of nitro benzene ring substituents is 1. The van der Waals surface area contributed by atoms with E-state index in [1.165, 1.54) is 23.9 Å². The van der Waals surface area contributed by atoms with Crippen molar-refractivity contribution in [2.45, 2.75) is 24.3 Å². The largest absolute Gasteiger partial charge is 0.356 e. The van der Waals surface area contributed by atoms with Gasteiger partial charge in [-0.25, -0.2) is 4.98 Å². The zero-order valence-corrected chi connectivity index (χ0v) is 17.6. The molecule has 1 N–H and O–H groups in total. The highest BCUT2D eigenvalue weighted by molar-refractivity contribution is 7.98. The molecule has 158 valence electrons. The van der Waals surface area contributed by atoms with Crippen LogP contribution < -0.4 is 5.32 Å². The summed E-state index contributed by atoms with van der Waals surface area (Å²) in [4.78, 5) is 41.3. The number of hydrogen-bond donors (Lipinski definition) is 1. The van der Waals surface area contributed by atoms with Gasteiger partial charge in [0, 0.05) is 38.0 Å². The van der Waals surface area contributed by atoms with Gasteiger partial charge in [-0.2, -0.15) is 0 Å². The van der Waals surface area contributed by atoms with Gasteiger partial charge in [-0.15, -0.1) is 11.8 Å². The Labute approximate surface area is 179 Å². The Morgan fingerprint density at radius 3 is 2.57 bits per heavy atom. The van der Waals surface area contributed by atoms with E-state index >= 15 is 0 Å². The first-order valence-corrected chi connectivity index (χ1v) is 11.0. The van der Waals surface area contributed by atoms with E-state index in [1.807, 2.05) is 17.2 Å². The Morgan fingerprint density at radius 2 is 1.93 bits per heavy atom. The van der Waals surface area contributed by atoms with E-state index in [4.69, 9.17) is 0 Å². The van der Waals surface area contributed by atoms with Crippen LogP contribution >= 0.6 is 11.8 Å². The normalized spacial score (nSPS) is 14.4. The van der Waals surface area contributed by atoms with E-state index in [2.05, 4.69) is 10.3 Å². The van der Waals surface area contributed by atoms with E-state index in [-0.39, 0.29) is 23.9 Å². The zero-order valence-electron chi connectivity index (χ0n) is 16.7. The smallest absolute Gasteiger partial charge is 0.269 e. The lowest BCUT2D eigenvalue weighted by Gasteiger charge is -2.32. The van der Waals surface area contributed by atoms with Crippen LogP contribution in [0.3, 0.4) is 0 Å². The Bertz CT molecular complexity index is 911. The van der Waals surface area contributed by atoms with Gasteiger partial charge in [-0.3, -0.25) is 19.7 Å². The van der Waals surface area contributed by atoms with Crippen molar-refractivity contribution in [3.05, 3.63) is 63.8 Å². The second-order valence-electron chi connectivity index (χ2n) is 7.20. The molecule has 1 aliphatic rings. The monoisotopic (exact) mass is 428 g/mol. The number of hydrogen-bond acceptors (Lipinski definition) is 6. The van der Waals surface area contributed by atoms with Crippen molar-refractivity contribution in [2.24, 2.45) is 5.92 Å². The summed E-state index contributed by atoms with van der Waals surface area (Å²) in [6.07, 6.45) is 5.45. The fourth-order valence-electron chi connectivity index (χ4n) is 3.47. The van der Waals surface area contributed by atoms with Crippen LogP contribution in [0.25, 0.3) is 0 Å². The van der Waals surface area contributed by atoms with Crippen molar-refractivity contribution in [3.63, 3.8) is 0 Å². The quantitative estimate of drug-likeness (QED) is 0.413. The molecule has 2 aromatic rings. The number of piperidine rings is 1. The van der Waals surface area contributed by atoms with Crippen LogP contribution in [0, 0.1) is 16.0 Å². The first kappa shape index (κ1) is 21.8. The third-order valence-corrected chi connectivity index (χ3v) is 5.91. The van der Waals surface area contributed by atoms with E-state index in [0.717, 1.165) is 23.4 Å². The number of non-ortho nitro benzene ring substituents is 1. The average Bonchev–Trinajstić information content (AvgIpc) is 2.78. The highest BCUT2D eigenvalue weighted by Gasteiger charge is 2.25. The number of nitro groups is 1. The van der Waals surface area contributed by atoms with Gasteiger partial charge in [-0.05, 0) is 42.7 Å². The molecule has 2 amide bonds. The highest BCUT2D eigenvalue weighted by Crippen LogP contribution is 2.22. The highest BCUT2D eigenvalue weighted by atomic mass is 32.2. The standard InChI is InChI=1S/C21H24N4O4S/c1-30-20-18(3-2-10-22-20)21(27)24-11-8-16(9-12-24)14-23-19(26)13-15-4-6-17(7-5-15)25(28)29/h2-7,10,16H,8-9,11-14H2,1H3,(H,23,26). The molecule has 0 saturated carbocycles. The van der Waals surface area contributed by atoms with Crippen molar-refractivity contribution in [3.8, 4) is 0 Å². The predicted molar refractivity (Wildman–Crippen MR) is 114 cm³/mol. The number of benzene rings is 1. The Balaban J connectivity index is 1.44. The molecule has 0 bridgehead atoms. The van der Waals surface area contributed by atoms with Gasteiger partial charge >= 0.3 is 0 Å². The van der Waals surface area contributed by atoms with Crippen LogP contribution in [0.4, 0.5) is 5.69 Å². The summed E-state index contributed by atoms with van der Waals surface area (Å²) in [5.41, 5.74) is 1.39. The molecule has 8 nitrogen and oxygen atoms in total. The topological polar surface area (TPSA) is 105 Å². The van der Waals surface area contributed by atoms with Gasteiger partial charge in [-0.1, -0.05) is 12.1 Å². The summed E-state index contributed by atoms with van der Waals surface area (Å²) in [6, 6.07) is 9.60. The van der Waals surface area contributed by atoms with Crippen molar-refractivity contribution in [1.29, 1.82) is 0 Å². The molecule has 9 heteroatoms. The summed E-state index contributed by atoms with van der Waals surface area (Å²) in [7, 11) is 0. The molecular formula is C21H24N4O4S. The number of nitrogens with one attached hydrogen (secondary N) is 1. The van der Waals surface area contributed by atoms with Crippen molar-refractivity contribution in [2.75, 3.05) is 25.9 Å².